The van der Waals surface area contributed by atoms with Crippen LogP contribution in [0.5, 0.6) is 0 Å². The van der Waals surface area contributed by atoms with Crippen LogP contribution < -0.4 is 16.0 Å². The number of amides is 2. The van der Waals surface area contributed by atoms with Crippen molar-refractivity contribution in [1.82, 2.24) is 10.6 Å². The highest BCUT2D eigenvalue weighted by Crippen LogP contribution is 2.17. The number of hydrogen-bond acceptors (Lipinski definition) is 3. The van der Waals surface area contributed by atoms with Gasteiger partial charge < -0.3 is 16.0 Å². The van der Waals surface area contributed by atoms with E-state index in [1.807, 2.05) is 31.3 Å². The van der Waals surface area contributed by atoms with Gasteiger partial charge in [-0.3, -0.25) is 9.59 Å². The quantitative estimate of drug-likeness (QED) is 0.769. The van der Waals surface area contributed by atoms with Crippen LogP contribution in [-0.2, 0) is 16.1 Å². The number of benzene rings is 1. The standard InChI is InChI=1S/C13H17N3O2.ClH/c1-14-7-9-4-2-3-5-11(9)16-13(18)10-6-12(17)15-8-10;/h2-5,10,14H,6-8H2,1H3,(H,15,17)(H,16,18);1H. The predicted molar refractivity (Wildman–Crippen MR) is 76.2 cm³/mol. The van der Waals surface area contributed by atoms with Gasteiger partial charge in [0.25, 0.3) is 0 Å². The monoisotopic (exact) mass is 283 g/mol. The van der Waals surface area contributed by atoms with Gasteiger partial charge in [0, 0.05) is 25.2 Å². The fraction of sp³-hybridized carbons (Fsp3) is 0.385. The number of halogens is 1. The third-order valence-corrected chi connectivity index (χ3v) is 2.99. The Balaban J connectivity index is 0.00000180. The minimum atomic E-state index is -0.264. The molecule has 1 aliphatic heterocycles. The molecule has 5 nitrogen and oxygen atoms in total. The largest absolute Gasteiger partial charge is 0.355 e. The summed E-state index contributed by atoms with van der Waals surface area (Å²) < 4.78 is 0. The normalized spacial score (nSPS) is 17.5. The number of hydrogen-bond donors (Lipinski definition) is 3. The van der Waals surface area contributed by atoms with Crippen molar-refractivity contribution in [2.45, 2.75) is 13.0 Å². The summed E-state index contributed by atoms with van der Waals surface area (Å²) >= 11 is 0. The molecule has 0 bridgehead atoms. The lowest BCUT2D eigenvalue weighted by molar-refractivity contribution is -0.123. The van der Waals surface area contributed by atoms with Gasteiger partial charge in [-0.05, 0) is 18.7 Å². The minimum Gasteiger partial charge on any atom is -0.355 e. The average molecular weight is 284 g/mol. The van der Waals surface area contributed by atoms with E-state index in [2.05, 4.69) is 16.0 Å². The van der Waals surface area contributed by atoms with Crippen molar-refractivity contribution in [2.24, 2.45) is 5.92 Å². The summed E-state index contributed by atoms with van der Waals surface area (Å²) in [5, 5.41) is 8.61. The number of rotatable bonds is 4. The molecule has 2 amide bonds. The molecule has 0 radical (unpaired) electrons. The molecule has 3 N–H and O–H groups in total. The van der Waals surface area contributed by atoms with Gasteiger partial charge in [0.15, 0.2) is 0 Å². The van der Waals surface area contributed by atoms with E-state index in [-0.39, 0.29) is 36.6 Å². The maximum absolute atomic E-state index is 12.0. The summed E-state index contributed by atoms with van der Waals surface area (Å²) in [7, 11) is 1.86. The fourth-order valence-electron chi connectivity index (χ4n) is 2.01. The van der Waals surface area contributed by atoms with Gasteiger partial charge in [-0.2, -0.15) is 0 Å². The number of carbonyl (C=O) groups excluding carboxylic acids is 2. The Morgan fingerprint density at radius 1 is 1.42 bits per heavy atom. The Bertz CT molecular complexity index is 465. The van der Waals surface area contributed by atoms with Gasteiger partial charge in [-0.15, -0.1) is 12.4 Å². The second-order valence-electron chi connectivity index (χ2n) is 4.38. The maximum Gasteiger partial charge on any atom is 0.229 e. The molecule has 1 heterocycles. The molecule has 1 aromatic carbocycles. The first-order valence-corrected chi connectivity index (χ1v) is 6.00. The van der Waals surface area contributed by atoms with E-state index >= 15 is 0 Å². The molecule has 104 valence electrons. The summed E-state index contributed by atoms with van der Waals surface area (Å²) in [6.45, 7) is 1.12. The second kappa shape index (κ2) is 7.11. The lowest BCUT2D eigenvalue weighted by Gasteiger charge is -2.13. The average Bonchev–Trinajstić information content (AvgIpc) is 2.79. The molecule has 1 atom stereocenters. The van der Waals surface area contributed by atoms with Gasteiger partial charge in [0.1, 0.15) is 0 Å². The molecule has 19 heavy (non-hydrogen) atoms. The first-order valence-electron chi connectivity index (χ1n) is 6.00. The van der Waals surface area contributed by atoms with Crippen molar-refractivity contribution in [3.63, 3.8) is 0 Å². The van der Waals surface area contributed by atoms with Crippen LogP contribution in [0, 0.1) is 5.92 Å². The number of carbonyl (C=O) groups is 2. The van der Waals surface area contributed by atoms with Crippen molar-refractivity contribution >= 4 is 29.9 Å². The smallest absolute Gasteiger partial charge is 0.229 e. The lowest BCUT2D eigenvalue weighted by Crippen LogP contribution is -2.25. The molecule has 2 rings (SSSR count). The van der Waals surface area contributed by atoms with Crippen molar-refractivity contribution in [2.75, 3.05) is 18.9 Å². The number of nitrogens with one attached hydrogen (secondary N) is 3. The third-order valence-electron chi connectivity index (χ3n) is 2.99. The minimum absolute atomic E-state index is 0. The molecule has 1 unspecified atom stereocenters. The van der Waals surface area contributed by atoms with E-state index in [9.17, 15) is 9.59 Å². The highest BCUT2D eigenvalue weighted by molar-refractivity contribution is 5.97. The van der Waals surface area contributed by atoms with E-state index in [1.54, 1.807) is 0 Å². The van der Waals surface area contributed by atoms with E-state index in [0.717, 1.165) is 11.3 Å². The number of para-hydroxylation sites is 1. The summed E-state index contributed by atoms with van der Waals surface area (Å²) in [6, 6.07) is 7.65. The molecule has 6 heteroatoms. The fourth-order valence-corrected chi connectivity index (χ4v) is 2.01. The van der Waals surface area contributed by atoms with Gasteiger partial charge in [0.05, 0.1) is 5.92 Å². The Labute approximate surface area is 118 Å². The maximum atomic E-state index is 12.0. The molecule has 1 aliphatic rings. The first-order chi connectivity index (χ1) is 8.70. The van der Waals surface area contributed by atoms with Crippen LogP contribution in [0.15, 0.2) is 24.3 Å². The highest BCUT2D eigenvalue weighted by atomic mass is 35.5. The Kier molecular flexibility index (Phi) is 5.79. The van der Waals surface area contributed by atoms with E-state index in [4.69, 9.17) is 0 Å². The van der Waals surface area contributed by atoms with Crippen molar-refractivity contribution in [3.8, 4) is 0 Å². The van der Waals surface area contributed by atoms with Crippen LogP contribution in [0.25, 0.3) is 0 Å². The Hall–Kier alpha value is -1.59. The van der Waals surface area contributed by atoms with Crippen molar-refractivity contribution in [3.05, 3.63) is 29.8 Å². The van der Waals surface area contributed by atoms with Crippen LogP contribution in [0.4, 0.5) is 5.69 Å². The van der Waals surface area contributed by atoms with Crippen LogP contribution in [0.2, 0.25) is 0 Å². The topological polar surface area (TPSA) is 70.2 Å². The number of anilines is 1. The van der Waals surface area contributed by atoms with Gasteiger partial charge in [0.2, 0.25) is 11.8 Å². The molecule has 1 saturated heterocycles. The molecular formula is C13H18ClN3O2. The van der Waals surface area contributed by atoms with E-state index < -0.39 is 0 Å². The molecule has 0 aromatic heterocycles. The molecule has 1 fully saturated rings. The zero-order chi connectivity index (χ0) is 13.0. The summed E-state index contributed by atoms with van der Waals surface area (Å²) in [5.41, 5.74) is 1.84. The SMILES string of the molecule is CNCc1ccccc1NC(=O)C1CNC(=O)C1.Cl. The summed E-state index contributed by atoms with van der Waals surface area (Å²) in [5.74, 6) is -0.421. The summed E-state index contributed by atoms with van der Waals surface area (Å²) in [6.07, 6.45) is 0.278. The zero-order valence-corrected chi connectivity index (χ0v) is 11.5. The molecule has 1 aromatic rings. The molecule has 0 saturated carbocycles. The van der Waals surface area contributed by atoms with E-state index in [1.165, 1.54) is 0 Å². The van der Waals surface area contributed by atoms with E-state index in [0.29, 0.717) is 13.1 Å². The Morgan fingerprint density at radius 2 is 2.16 bits per heavy atom. The third kappa shape index (κ3) is 3.94. The van der Waals surface area contributed by atoms with Crippen LogP contribution in [-0.4, -0.2) is 25.4 Å². The highest BCUT2D eigenvalue weighted by Gasteiger charge is 2.28. The molecule has 0 spiro atoms. The lowest BCUT2D eigenvalue weighted by atomic mass is 10.1. The second-order valence-corrected chi connectivity index (χ2v) is 4.38. The summed E-state index contributed by atoms with van der Waals surface area (Å²) in [4.78, 5) is 23.1. The van der Waals surface area contributed by atoms with Crippen LogP contribution in [0.3, 0.4) is 0 Å². The van der Waals surface area contributed by atoms with Gasteiger partial charge >= 0.3 is 0 Å². The first kappa shape index (κ1) is 15.5. The van der Waals surface area contributed by atoms with Crippen molar-refractivity contribution < 1.29 is 9.59 Å². The van der Waals surface area contributed by atoms with Crippen LogP contribution in [0.1, 0.15) is 12.0 Å². The Morgan fingerprint density at radius 3 is 2.79 bits per heavy atom. The van der Waals surface area contributed by atoms with Gasteiger partial charge in [-0.25, -0.2) is 0 Å². The van der Waals surface area contributed by atoms with Crippen LogP contribution >= 0.6 is 12.4 Å². The molecule has 0 aliphatic carbocycles. The predicted octanol–water partition coefficient (Wildman–Crippen LogP) is 0.902. The molecular weight excluding hydrogens is 266 g/mol. The zero-order valence-electron chi connectivity index (χ0n) is 10.7. The van der Waals surface area contributed by atoms with Crippen molar-refractivity contribution in [1.29, 1.82) is 0 Å². The van der Waals surface area contributed by atoms with Gasteiger partial charge in [-0.1, -0.05) is 18.2 Å².